The van der Waals surface area contributed by atoms with Crippen molar-refractivity contribution < 1.29 is 0 Å². The van der Waals surface area contributed by atoms with E-state index < -0.39 is 0 Å². The Balaban J connectivity index is 2.18. The number of rotatable bonds is 2. The number of hydrogen-bond donors (Lipinski definition) is 1. The Bertz CT molecular complexity index is 727. The van der Waals surface area contributed by atoms with E-state index in [-0.39, 0.29) is 10.8 Å². The van der Waals surface area contributed by atoms with Crippen molar-refractivity contribution in [1.82, 2.24) is 0 Å². The van der Waals surface area contributed by atoms with E-state index in [4.69, 9.17) is 5.73 Å². The molecule has 2 aromatic rings. The van der Waals surface area contributed by atoms with Crippen LogP contribution < -0.4 is 10.6 Å². The highest BCUT2D eigenvalue weighted by Gasteiger charge is 2.15. The third-order valence-electron chi connectivity index (χ3n) is 4.44. The van der Waals surface area contributed by atoms with E-state index >= 15 is 0 Å². The minimum atomic E-state index is 0.138. The Morgan fingerprint density at radius 3 is 1.56 bits per heavy atom. The molecular formula is C22H31N3. The third kappa shape index (κ3) is 4.85. The molecule has 0 aliphatic heterocycles. The van der Waals surface area contributed by atoms with Gasteiger partial charge in [0.15, 0.2) is 0 Å². The highest BCUT2D eigenvalue weighted by Crippen LogP contribution is 2.26. The predicted molar refractivity (Wildman–Crippen MR) is 110 cm³/mol. The van der Waals surface area contributed by atoms with E-state index in [1.165, 1.54) is 11.1 Å². The van der Waals surface area contributed by atoms with E-state index in [1.807, 2.05) is 24.1 Å². The van der Waals surface area contributed by atoms with Crippen molar-refractivity contribution in [3.05, 3.63) is 59.7 Å². The summed E-state index contributed by atoms with van der Waals surface area (Å²) in [5.41, 5.74) is 11.0. The van der Waals surface area contributed by atoms with Gasteiger partial charge in [0.1, 0.15) is 0 Å². The molecule has 0 unspecified atom stereocenters. The summed E-state index contributed by atoms with van der Waals surface area (Å²) >= 11 is 0. The van der Waals surface area contributed by atoms with E-state index in [9.17, 15) is 0 Å². The van der Waals surface area contributed by atoms with Gasteiger partial charge in [0.25, 0.3) is 0 Å². The molecule has 0 atom stereocenters. The lowest BCUT2D eigenvalue weighted by Gasteiger charge is -2.22. The molecule has 0 aromatic heterocycles. The summed E-state index contributed by atoms with van der Waals surface area (Å²) in [6.45, 7) is 13.2. The third-order valence-corrected chi connectivity index (χ3v) is 4.44. The van der Waals surface area contributed by atoms with Gasteiger partial charge in [-0.15, -0.1) is 0 Å². The summed E-state index contributed by atoms with van der Waals surface area (Å²) in [6, 6.07) is 16.7. The molecule has 0 amide bonds. The van der Waals surface area contributed by atoms with Gasteiger partial charge in [0.05, 0.1) is 5.69 Å². The number of nitrogens with two attached hydrogens (primary N) is 1. The number of aliphatic imine (C=N–C) groups is 1. The fourth-order valence-corrected chi connectivity index (χ4v) is 2.56. The molecule has 2 rings (SSSR count). The van der Waals surface area contributed by atoms with Crippen LogP contribution in [0, 0.1) is 0 Å². The Morgan fingerprint density at radius 1 is 0.760 bits per heavy atom. The first kappa shape index (κ1) is 19.0. The van der Waals surface area contributed by atoms with Crippen LogP contribution in [0.2, 0.25) is 0 Å². The molecule has 2 N–H and O–H groups in total. The Labute approximate surface area is 152 Å². The minimum absolute atomic E-state index is 0.138. The van der Waals surface area contributed by atoms with Gasteiger partial charge in [-0.05, 0) is 46.2 Å². The van der Waals surface area contributed by atoms with Crippen LogP contribution >= 0.6 is 0 Å². The van der Waals surface area contributed by atoms with Gasteiger partial charge in [-0.1, -0.05) is 65.8 Å². The normalized spacial score (nSPS) is 13.0. The molecule has 0 radical (unpaired) electrons. The van der Waals surface area contributed by atoms with Gasteiger partial charge < -0.3 is 10.6 Å². The zero-order valence-corrected chi connectivity index (χ0v) is 16.6. The average Bonchev–Trinajstić information content (AvgIpc) is 2.53. The van der Waals surface area contributed by atoms with Crippen molar-refractivity contribution in [1.29, 1.82) is 0 Å². The van der Waals surface area contributed by atoms with Crippen molar-refractivity contribution in [2.24, 2.45) is 10.7 Å². The van der Waals surface area contributed by atoms with Gasteiger partial charge >= 0.3 is 0 Å². The van der Waals surface area contributed by atoms with Crippen LogP contribution in [0.3, 0.4) is 0 Å². The summed E-state index contributed by atoms with van der Waals surface area (Å²) in [5.74, 6) is 0.479. The molecule has 0 saturated carbocycles. The van der Waals surface area contributed by atoms with Gasteiger partial charge in [0, 0.05) is 12.7 Å². The number of hydrogen-bond acceptors (Lipinski definition) is 1. The largest absolute Gasteiger partial charge is 0.369 e. The molecule has 0 spiro atoms. The summed E-state index contributed by atoms with van der Waals surface area (Å²) in [5, 5.41) is 0. The number of nitrogens with zero attached hydrogens (tertiary/aromatic N) is 2. The lowest BCUT2D eigenvalue weighted by molar-refractivity contribution is 0.590. The standard InChI is InChI=1S/C22H31N3/c1-21(2,3)16-8-12-18(13-9-16)24-20(23)25(7)19-14-10-17(11-15-19)22(4,5)6/h8-15H,1-7H3,(H2,23,24). The molecule has 0 bridgehead atoms. The zero-order chi connectivity index (χ0) is 18.8. The van der Waals surface area contributed by atoms with Gasteiger partial charge in [-0.2, -0.15) is 0 Å². The van der Waals surface area contributed by atoms with E-state index in [0.717, 1.165) is 11.4 Å². The smallest absolute Gasteiger partial charge is 0.200 e. The summed E-state index contributed by atoms with van der Waals surface area (Å²) in [4.78, 5) is 6.46. The Kier molecular flexibility index (Phi) is 5.26. The molecule has 134 valence electrons. The van der Waals surface area contributed by atoms with Crippen molar-refractivity contribution in [3.63, 3.8) is 0 Å². The molecule has 0 saturated heterocycles. The molecule has 2 aromatic carbocycles. The van der Waals surface area contributed by atoms with Crippen molar-refractivity contribution >= 4 is 17.3 Å². The number of guanidine groups is 1. The van der Waals surface area contributed by atoms with Crippen LogP contribution in [-0.4, -0.2) is 13.0 Å². The zero-order valence-electron chi connectivity index (χ0n) is 16.6. The molecule has 25 heavy (non-hydrogen) atoms. The summed E-state index contributed by atoms with van der Waals surface area (Å²) in [7, 11) is 1.94. The molecule has 3 nitrogen and oxygen atoms in total. The second-order valence-electron chi connectivity index (χ2n) is 8.62. The Morgan fingerprint density at radius 2 is 1.16 bits per heavy atom. The Hall–Kier alpha value is -2.29. The van der Waals surface area contributed by atoms with E-state index in [0.29, 0.717) is 5.96 Å². The van der Waals surface area contributed by atoms with Crippen LogP contribution in [-0.2, 0) is 10.8 Å². The summed E-state index contributed by atoms with van der Waals surface area (Å²) < 4.78 is 0. The van der Waals surface area contributed by atoms with Gasteiger partial charge in [0.2, 0.25) is 5.96 Å². The van der Waals surface area contributed by atoms with Gasteiger partial charge in [-0.25, -0.2) is 4.99 Å². The number of benzene rings is 2. The second-order valence-corrected chi connectivity index (χ2v) is 8.62. The maximum Gasteiger partial charge on any atom is 0.200 e. The monoisotopic (exact) mass is 337 g/mol. The predicted octanol–water partition coefficient (Wildman–Crippen LogP) is 5.36. The lowest BCUT2D eigenvalue weighted by atomic mass is 9.87. The maximum absolute atomic E-state index is 6.20. The van der Waals surface area contributed by atoms with E-state index in [1.54, 1.807) is 0 Å². The SMILES string of the molecule is CN(C(N)=Nc1ccc(C(C)(C)C)cc1)c1ccc(C(C)(C)C)cc1. The highest BCUT2D eigenvalue weighted by atomic mass is 15.2. The van der Waals surface area contributed by atoms with Crippen molar-refractivity contribution in [2.45, 2.75) is 52.4 Å². The quantitative estimate of drug-likeness (QED) is 0.592. The molecule has 0 aliphatic carbocycles. The summed E-state index contributed by atoms with van der Waals surface area (Å²) in [6.07, 6.45) is 0. The van der Waals surface area contributed by atoms with Crippen LogP contribution in [0.25, 0.3) is 0 Å². The minimum Gasteiger partial charge on any atom is -0.369 e. The molecular weight excluding hydrogens is 306 g/mol. The fourth-order valence-electron chi connectivity index (χ4n) is 2.56. The van der Waals surface area contributed by atoms with Crippen molar-refractivity contribution in [2.75, 3.05) is 11.9 Å². The van der Waals surface area contributed by atoms with Crippen molar-refractivity contribution in [3.8, 4) is 0 Å². The lowest BCUT2D eigenvalue weighted by Crippen LogP contribution is -2.33. The first-order valence-electron chi connectivity index (χ1n) is 8.77. The fraction of sp³-hybridized carbons (Fsp3) is 0.409. The second kappa shape index (κ2) is 6.91. The molecule has 0 heterocycles. The van der Waals surface area contributed by atoms with Crippen LogP contribution in [0.5, 0.6) is 0 Å². The molecule has 3 heteroatoms. The van der Waals surface area contributed by atoms with Crippen LogP contribution in [0.1, 0.15) is 52.7 Å². The van der Waals surface area contributed by atoms with Gasteiger partial charge in [-0.3, -0.25) is 0 Å². The van der Waals surface area contributed by atoms with Crippen LogP contribution in [0.15, 0.2) is 53.5 Å². The van der Waals surface area contributed by atoms with E-state index in [2.05, 4.69) is 82.9 Å². The number of anilines is 1. The van der Waals surface area contributed by atoms with Crippen LogP contribution in [0.4, 0.5) is 11.4 Å². The maximum atomic E-state index is 6.20. The topological polar surface area (TPSA) is 41.6 Å². The highest BCUT2D eigenvalue weighted by molar-refractivity contribution is 5.95. The average molecular weight is 338 g/mol. The first-order valence-corrected chi connectivity index (χ1v) is 8.77. The molecule has 0 aliphatic rings. The molecule has 0 fully saturated rings. The first-order chi connectivity index (χ1) is 11.5.